The highest BCUT2D eigenvalue weighted by molar-refractivity contribution is 7.89. The molecule has 0 spiro atoms. The maximum absolute atomic E-state index is 13.2. The molecule has 3 heterocycles. The lowest BCUT2D eigenvalue weighted by atomic mass is 10.2. The van der Waals surface area contributed by atoms with Crippen LogP contribution in [0.25, 0.3) is 0 Å². The van der Waals surface area contributed by atoms with Crippen LogP contribution in [0.5, 0.6) is 11.5 Å². The van der Waals surface area contributed by atoms with Crippen molar-refractivity contribution >= 4 is 38.9 Å². The summed E-state index contributed by atoms with van der Waals surface area (Å²) in [6.07, 6.45) is 0. The number of hydrogen-bond donors (Lipinski definition) is 1. The van der Waals surface area contributed by atoms with Crippen LogP contribution in [0.2, 0.25) is 0 Å². The second kappa shape index (κ2) is 10.1. The molecule has 1 aromatic heterocycles. The Balaban J connectivity index is 1.46. The molecule has 0 aliphatic carbocycles. The molecular formula is C21H25N3O7S2. The molecule has 1 saturated heterocycles. The van der Waals surface area contributed by atoms with Crippen LogP contribution in [0.3, 0.4) is 0 Å². The van der Waals surface area contributed by atoms with Crippen molar-refractivity contribution in [3.05, 3.63) is 34.5 Å². The third-order valence-corrected chi connectivity index (χ3v) is 8.21. The Bertz CT molecular complexity index is 1130. The normalized spacial score (nSPS) is 16.3. The number of benzene rings is 1. The van der Waals surface area contributed by atoms with Gasteiger partial charge < -0.3 is 24.4 Å². The van der Waals surface area contributed by atoms with Gasteiger partial charge in [-0.2, -0.15) is 4.31 Å². The zero-order chi connectivity index (χ0) is 23.4. The van der Waals surface area contributed by atoms with Crippen molar-refractivity contribution in [1.82, 2.24) is 9.21 Å². The Morgan fingerprint density at radius 3 is 2.55 bits per heavy atom. The summed E-state index contributed by atoms with van der Waals surface area (Å²) in [6.45, 7) is 3.75. The SMILES string of the molecule is CCN(CC(=O)Nc1ccc2c(c1)OCCO2)C(=O)c1sccc1S(=O)(=O)N1CCOCC1. The van der Waals surface area contributed by atoms with E-state index in [9.17, 15) is 18.0 Å². The van der Waals surface area contributed by atoms with Gasteiger partial charge in [-0.3, -0.25) is 9.59 Å². The number of morpholine rings is 1. The quantitative estimate of drug-likeness (QED) is 0.621. The molecule has 0 unspecified atom stereocenters. The molecule has 2 aromatic rings. The van der Waals surface area contributed by atoms with Crippen molar-refractivity contribution < 1.29 is 32.2 Å². The number of sulfonamides is 1. The minimum atomic E-state index is -3.83. The van der Waals surface area contributed by atoms with E-state index in [1.54, 1.807) is 30.5 Å². The average Bonchev–Trinajstić information content (AvgIpc) is 3.33. The predicted octanol–water partition coefficient (Wildman–Crippen LogP) is 1.64. The first-order chi connectivity index (χ1) is 15.9. The monoisotopic (exact) mass is 495 g/mol. The predicted molar refractivity (Wildman–Crippen MR) is 122 cm³/mol. The fourth-order valence-electron chi connectivity index (χ4n) is 3.55. The molecule has 0 saturated carbocycles. The molecule has 2 aliphatic heterocycles. The Hall–Kier alpha value is -2.67. The van der Waals surface area contributed by atoms with E-state index in [4.69, 9.17) is 14.2 Å². The number of carbonyl (C=O) groups excluding carboxylic acids is 2. The molecule has 0 bridgehead atoms. The molecule has 4 rings (SSSR count). The van der Waals surface area contributed by atoms with Gasteiger partial charge in [0.05, 0.1) is 13.2 Å². The van der Waals surface area contributed by atoms with E-state index in [2.05, 4.69) is 5.32 Å². The number of fused-ring (bicyclic) bond motifs is 1. The van der Waals surface area contributed by atoms with Crippen LogP contribution < -0.4 is 14.8 Å². The average molecular weight is 496 g/mol. The van der Waals surface area contributed by atoms with Crippen LogP contribution >= 0.6 is 11.3 Å². The maximum Gasteiger partial charge on any atom is 0.265 e. The number of likely N-dealkylation sites (N-methyl/N-ethyl adjacent to an activating group) is 1. The molecule has 178 valence electrons. The molecule has 1 N–H and O–H groups in total. The van der Waals surface area contributed by atoms with Gasteiger partial charge >= 0.3 is 0 Å². The Morgan fingerprint density at radius 2 is 1.82 bits per heavy atom. The summed E-state index contributed by atoms with van der Waals surface area (Å²) in [7, 11) is -3.83. The smallest absolute Gasteiger partial charge is 0.265 e. The maximum atomic E-state index is 13.2. The minimum absolute atomic E-state index is 0.0369. The Labute approximate surface area is 196 Å². The number of ether oxygens (including phenoxy) is 3. The van der Waals surface area contributed by atoms with Gasteiger partial charge in [-0.25, -0.2) is 8.42 Å². The van der Waals surface area contributed by atoms with E-state index in [1.165, 1.54) is 15.3 Å². The first kappa shape index (κ1) is 23.5. The molecule has 2 aliphatic rings. The lowest BCUT2D eigenvalue weighted by Crippen LogP contribution is -2.42. The number of anilines is 1. The summed E-state index contributed by atoms with van der Waals surface area (Å²) in [4.78, 5) is 27.2. The number of amides is 2. The number of rotatable bonds is 7. The number of hydrogen-bond acceptors (Lipinski definition) is 8. The fraction of sp³-hybridized carbons (Fsp3) is 0.429. The summed E-state index contributed by atoms with van der Waals surface area (Å²) < 4.78 is 43.7. The second-order valence-electron chi connectivity index (χ2n) is 7.36. The van der Waals surface area contributed by atoms with Crippen LogP contribution in [0.15, 0.2) is 34.5 Å². The zero-order valence-corrected chi connectivity index (χ0v) is 19.7. The lowest BCUT2D eigenvalue weighted by molar-refractivity contribution is -0.116. The molecule has 2 amide bonds. The topological polar surface area (TPSA) is 114 Å². The standard InChI is InChI=1S/C21H25N3O7S2/c1-2-23(14-19(25)22-15-3-4-16-17(13-15)31-11-10-30-16)21(26)20-18(5-12-32-20)33(27,28)24-6-8-29-9-7-24/h3-5,12-13H,2,6-11,14H2,1H3,(H,22,25). The van der Waals surface area contributed by atoms with Crippen molar-refractivity contribution in [2.75, 3.05) is 57.9 Å². The van der Waals surface area contributed by atoms with Crippen LogP contribution in [-0.4, -0.2) is 82.0 Å². The number of thiophene rings is 1. The minimum Gasteiger partial charge on any atom is -0.486 e. The van der Waals surface area contributed by atoms with E-state index < -0.39 is 21.8 Å². The third-order valence-electron chi connectivity index (χ3n) is 5.24. The van der Waals surface area contributed by atoms with Crippen molar-refractivity contribution in [3.63, 3.8) is 0 Å². The van der Waals surface area contributed by atoms with Crippen LogP contribution in [-0.2, 0) is 19.6 Å². The lowest BCUT2D eigenvalue weighted by Gasteiger charge is -2.26. The van der Waals surface area contributed by atoms with Crippen molar-refractivity contribution in [2.45, 2.75) is 11.8 Å². The molecule has 1 aromatic carbocycles. The van der Waals surface area contributed by atoms with Crippen molar-refractivity contribution in [2.24, 2.45) is 0 Å². The molecule has 1 fully saturated rings. The Morgan fingerprint density at radius 1 is 1.09 bits per heavy atom. The largest absolute Gasteiger partial charge is 0.486 e. The summed E-state index contributed by atoms with van der Waals surface area (Å²) >= 11 is 1.05. The molecule has 12 heteroatoms. The van der Waals surface area contributed by atoms with Crippen LogP contribution in [0.4, 0.5) is 5.69 Å². The van der Waals surface area contributed by atoms with Gasteiger partial charge in [-0.1, -0.05) is 0 Å². The van der Waals surface area contributed by atoms with Crippen molar-refractivity contribution in [1.29, 1.82) is 0 Å². The highest BCUT2D eigenvalue weighted by Crippen LogP contribution is 2.32. The third kappa shape index (κ3) is 5.13. The number of nitrogens with one attached hydrogen (secondary N) is 1. The van der Waals surface area contributed by atoms with Gasteiger partial charge in [0, 0.05) is 31.4 Å². The molecular weight excluding hydrogens is 470 g/mol. The van der Waals surface area contributed by atoms with Gasteiger partial charge in [-0.15, -0.1) is 11.3 Å². The van der Waals surface area contributed by atoms with Gasteiger partial charge in [0.1, 0.15) is 29.5 Å². The summed E-state index contributed by atoms with van der Waals surface area (Å²) in [5, 5.41) is 4.32. The summed E-state index contributed by atoms with van der Waals surface area (Å²) in [5.74, 6) is 0.239. The molecule has 10 nitrogen and oxygen atoms in total. The summed E-state index contributed by atoms with van der Waals surface area (Å²) in [6, 6.07) is 6.50. The first-order valence-electron chi connectivity index (χ1n) is 10.5. The zero-order valence-electron chi connectivity index (χ0n) is 18.1. The van der Waals surface area contributed by atoms with E-state index in [0.29, 0.717) is 43.6 Å². The molecule has 0 atom stereocenters. The van der Waals surface area contributed by atoms with Crippen LogP contribution in [0.1, 0.15) is 16.6 Å². The van der Waals surface area contributed by atoms with E-state index in [1.807, 2.05) is 0 Å². The van der Waals surface area contributed by atoms with Gasteiger partial charge in [0.2, 0.25) is 15.9 Å². The van der Waals surface area contributed by atoms with Crippen LogP contribution in [0, 0.1) is 0 Å². The number of nitrogens with zero attached hydrogens (tertiary/aromatic N) is 2. The van der Waals surface area contributed by atoms with E-state index in [0.717, 1.165) is 11.3 Å². The molecule has 0 radical (unpaired) electrons. The highest BCUT2D eigenvalue weighted by atomic mass is 32.2. The number of carbonyl (C=O) groups is 2. The van der Waals surface area contributed by atoms with Gasteiger partial charge in [-0.05, 0) is 30.5 Å². The first-order valence-corrected chi connectivity index (χ1v) is 12.9. The van der Waals surface area contributed by atoms with E-state index in [-0.39, 0.29) is 36.0 Å². The fourth-order valence-corrected chi connectivity index (χ4v) is 6.32. The summed E-state index contributed by atoms with van der Waals surface area (Å²) in [5.41, 5.74) is 0.513. The molecule has 33 heavy (non-hydrogen) atoms. The van der Waals surface area contributed by atoms with Gasteiger partial charge in [0.25, 0.3) is 5.91 Å². The second-order valence-corrected chi connectivity index (χ2v) is 10.2. The van der Waals surface area contributed by atoms with E-state index >= 15 is 0 Å². The Kier molecular flexibility index (Phi) is 7.17. The van der Waals surface area contributed by atoms with Crippen molar-refractivity contribution in [3.8, 4) is 11.5 Å². The van der Waals surface area contributed by atoms with Gasteiger partial charge in [0.15, 0.2) is 11.5 Å². The highest BCUT2D eigenvalue weighted by Gasteiger charge is 2.33.